The number of imide groups is 2. The summed E-state index contributed by atoms with van der Waals surface area (Å²) in [5, 5.41) is 25.7. The SMILES string of the molecule is CCC(=C(c1ccc(O)cc1)c1ccc(OCCN2CCC(CN3CCC[C@H](Nc4ccc5c(c4)C(=O)N(C4CCC(=O)NC4=O)C5=O)C3)CC2)cc1)c1ccc(O)cc1. The number of carbonyl (C=O) groups excluding carboxylic acids is 4. The van der Waals surface area contributed by atoms with Crippen LogP contribution < -0.4 is 15.4 Å². The van der Waals surface area contributed by atoms with Crippen molar-refractivity contribution in [3.8, 4) is 17.2 Å². The summed E-state index contributed by atoms with van der Waals surface area (Å²) in [6.45, 7) is 8.70. The molecule has 0 spiro atoms. The van der Waals surface area contributed by atoms with Gasteiger partial charge in [0.05, 0.1) is 11.1 Å². The first-order chi connectivity index (χ1) is 29.1. The molecule has 0 aromatic heterocycles. The summed E-state index contributed by atoms with van der Waals surface area (Å²) in [5.41, 5.74) is 6.67. The summed E-state index contributed by atoms with van der Waals surface area (Å²) in [7, 11) is 0. The Bertz CT molecular complexity index is 2250. The molecule has 3 fully saturated rings. The fraction of sp³-hybridized carbons (Fsp3) is 0.375. The van der Waals surface area contributed by atoms with Gasteiger partial charge in [-0.05, 0) is 147 Å². The van der Waals surface area contributed by atoms with Crippen LogP contribution in [-0.4, -0.2) is 107 Å². The van der Waals surface area contributed by atoms with Gasteiger partial charge in [0, 0.05) is 37.8 Å². The Labute approximate surface area is 350 Å². The molecule has 4 heterocycles. The number of phenolic OH excluding ortho intramolecular Hbond substituents is 2. The minimum atomic E-state index is -0.974. The van der Waals surface area contributed by atoms with E-state index in [9.17, 15) is 29.4 Å². The van der Waals surface area contributed by atoms with Crippen LogP contribution in [0, 0.1) is 5.92 Å². The Kier molecular flexibility index (Phi) is 12.3. The zero-order valence-electron chi connectivity index (χ0n) is 34.1. The van der Waals surface area contributed by atoms with Crippen LogP contribution in [0.15, 0.2) is 91.0 Å². The Hall–Kier alpha value is -5.98. The molecule has 312 valence electrons. The van der Waals surface area contributed by atoms with Gasteiger partial charge in [-0.1, -0.05) is 43.3 Å². The standard InChI is InChI=1S/C48H53N5O7/c1-2-40(32-5-12-37(54)13-6-32)45(33-7-14-38(55)15-8-33)34-9-16-39(17-10-34)60-27-26-51-24-21-31(22-25-51)29-52-23-3-4-36(30-52)49-35-11-18-41-42(28-35)48(59)53(47(41)58)43-19-20-44(56)50-46(43)57/h5-18,28,31,36,43,49,54-55H,2-4,19-27,29-30H2,1H3,(H,50,56,57)/t36-,43?/m0/s1. The summed E-state index contributed by atoms with van der Waals surface area (Å²) in [5.74, 6) is -0.0837. The molecule has 0 bridgehead atoms. The quantitative estimate of drug-likeness (QED) is 0.0867. The second-order valence-corrected chi connectivity index (χ2v) is 16.4. The molecule has 0 saturated carbocycles. The van der Waals surface area contributed by atoms with Crippen LogP contribution in [0.25, 0.3) is 11.1 Å². The number of allylic oxidation sites excluding steroid dienone is 1. The van der Waals surface area contributed by atoms with Crippen LogP contribution in [0.5, 0.6) is 17.2 Å². The van der Waals surface area contributed by atoms with Crippen LogP contribution in [0.3, 0.4) is 0 Å². The average molecular weight is 812 g/mol. The van der Waals surface area contributed by atoms with E-state index in [0.717, 1.165) is 116 Å². The normalized spacial score (nSPS) is 20.8. The highest BCUT2D eigenvalue weighted by Gasteiger charge is 2.44. The molecule has 4 aromatic rings. The summed E-state index contributed by atoms with van der Waals surface area (Å²) in [6.07, 6.45) is 5.38. The maximum absolute atomic E-state index is 13.3. The van der Waals surface area contributed by atoms with Crippen molar-refractivity contribution >= 4 is 40.5 Å². The van der Waals surface area contributed by atoms with Crippen molar-refractivity contribution in [2.75, 3.05) is 51.2 Å². The van der Waals surface area contributed by atoms with E-state index in [2.05, 4.69) is 39.5 Å². The molecule has 1 unspecified atom stereocenters. The van der Waals surface area contributed by atoms with Gasteiger partial charge < -0.3 is 25.2 Å². The first kappa shape index (κ1) is 40.8. The molecular weight excluding hydrogens is 759 g/mol. The maximum atomic E-state index is 13.3. The lowest BCUT2D eigenvalue weighted by molar-refractivity contribution is -0.136. The molecule has 3 saturated heterocycles. The monoisotopic (exact) mass is 811 g/mol. The van der Waals surface area contributed by atoms with Gasteiger partial charge in [0.15, 0.2) is 0 Å². The van der Waals surface area contributed by atoms with E-state index < -0.39 is 29.7 Å². The van der Waals surface area contributed by atoms with Gasteiger partial charge in [-0.2, -0.15) is 0 Å². The van der Waals surface area contributed by atoms with Crippen molar-refractivity contribution in [1.82, 2.24) is 20.0 Å². The number of hydrogen-bond acceptors (Lipinski definition) is 10. The van der Waals surface area contributed by atoms with Gasteiger partial charge in [0.1, 0.15) is 29.9 Å². The van der Waals surface area contributed by atoms with E-state index in [1.165, 1.54) is 0 Å². The molecule has 4 amide bonds. The number of anilines is 1. The number of likely N-dealkylation sites (tertiary alicyclic amines) is 2. The minimum Gasteiger partial charge on any atom is -0.508 e. The maximum Gasteiger partial charge on any atom is 0.262 e. The van der Waals surface area contributed by atoms with Crippen molar-refractivity contribution in [2.24, 2.45) is 5.92 Å². The van der Waals surface area contributed by atoms with Crippen LogP contribution in [0.1, 0.15) is 89.3 Å². The number of carbonyl (C=O) groups is 4. The summed E-state index contributed by atoms with van der Waals surface area (Å²) < 4.78 is 6.24. The highest BCUT2D eigenvalue weighted by molar-refractivity contribution is 6.23. The second-order valence-electron chi connectivity index (χ2n) is 16.4. The molecule has 4 aromatic carbocycles. The summed E-state index contributed by atoms with van der Waals surface area (Å²) in [4.78, 5) is 56.6. The number of hydrogen-bond donors (Lipinski definition) is 4. The van der Waals surface area contributed by atoms with Crippen LogP contribution in [0.2, 0.25) is 0 Å². The van der Waals surface area contributed by atoms with Gasteiger partial charge in [0.2, 0.25) is 11.8 Å². The van der Waals surface area contributed by atoms with Crippen LogP contribution in [-0.2, 0) is 9.59 Å². The molecule has 8 rings (SSSR count). The molecule has 0 radical (unpaired) electrons. The molecule has 60 heavy (non-hydrogen) atoms. The molecule has 2 atom stereocenters. The Morgan fingerprint density at radius 1 is 0.750 bits per heavy atom. The van der Waals surface area contributed by atoms with Crippen molar-refractivity contribution < 1.29 is 34.1 Å². The molecule has 12 nitrogen and oxygen atoms in total. The third-order valence-electron chi connectivity index (χ3n) is 12.4. The van der Waals surface area contributed by atoms with Gasteiger partial charge in [0.25, 0.3) is 11.8 Å². The minimum absolute atomic E-state index is 0.0925. The molecule has 12 heteroatoms. The topological polar surface area (TPSA) is 152 Å². The van der Waals surface area contributed by atoms with Crippen molar-refractivity contribution in [3.05, 3.63) is 119 Å². The molecular formula is C48H53N5O7. The van der Waals surface area contributed by atoms with E-state index in [4.69, 9.17) is 4.74 Å². The third-order valence-corrected chi connectivity index (χ3v) is 12.4. The number of ether oxygens (including phenoxy) is 1. The zero-order valence-corrected chi connectivity index (χ0v) is 34.1. The first-order valence-corrected chi connectivity index (χ1v) is 21.3. The Morgan fingerprint density at radius 3 is 2.07 bits per heavy atom. The number of fused-ring (bicyclic) bond motifs is 1. The van der Waals surface area contributed by atoms with Gasteiger partial charge in [-0.3, -0.25) is 34.3 Å². The molecule has 4 N–H and O–H groups in total. The smallest absolute Gasteiger partial charge is 0.262 e. The number of nitrogens with one attached hydrogen (secondary N) is 2. The van der Waals surface area contributed by atoms with E-state index in [0.29, 0.717) is 18.1 Å². The van der Waals surface area contributed by atoms with E-state index >= 15 is 0 Å². The van der Waals surface area contributed by atoms with Crippen molar-refractivity contribution in [2.45, 2.75) is 64.0 Å². The molecule has 4 aliphatic heterocycles. The highest BCUT2D eigenvalue weighted by Crippen LogP contribution is 2.36. The lowest BCUT2D eigenvalue weighted by Crippen LogP contribution is -2.54. The number of aromatic hydroxyl groups is 2. The summed E-state index contributed by atoms with van der Waals surface area (Å²) >= 11 is 0. The summed E-state index contributed by atoms with van der Waals surface area (Å²) in [6, 6.07) is 27.3. The Morgan fingerprint density at radius 2 is 1.40 bits per heavy atom. The lowest BCUT2D eigenvalue weighted by atomic mass is 9.88. The second kappa shape index (κ2) is 18.1. The number of phenols is 2. The molecule has 0 aliphatic carbocycles. The van der Waals surface area contributed by atoms with Crippen molar-refractivity contribution in [1.29, 1.82) is 0 Å². The number of nitrogens with zero attached hydrogens (tertiary/aromatic N) is 3. The first-order valence-electron chi connectivity index (χ1n) is 21.3. The van der Waals surface area contributed by atoms with Crippen LogP contribution in [0.4, 0.5) is 5.69 Å². The van der Waals surface area contributed by atoms with Crippen molar-refractivity contribution in [3.63, 3.8) is 0 Å². The number of piperidine rings is 3. The van der Waals surface area contributed by atoms with Gasteiger partial charge in [-0.25, -0.2) is 0 Å². The van der Waals surface area contributed by atoms with Gasteiger partial charge >= 0.3 is 0 Å². The van der Waals surface area contributed by atoms with Gasteiger partial charge in [-0.15, -0.1) is 0 Å². The zero-order chi connectivity index (χ0) is 41.8. The van der Waals surface area contributed by atoms with Crippen LogP contribution >= 0.6 is 0 Å². The molecule has 4 aliphatic rings. The number of benzene rings is 4. The number of amides is 4. The average Bonchev–Trinajstić information content (AvgIpc) is 3.49. The third kappa shape index (κ3) is 9.09. The van der Waals surface area contributed by atoms with E-state index in [1.807, 2.05) is 42.5 Å². The Balaban J connectivity index is 0.800. The van der Waals surface area contributed by atoms with E-state index in [-0.39, 0.29) is 35.9 Å². The predicted octanol–water partition coefficient (Wildman–Crippen LogP) is 6.54. The predicted molar refractivity (Wildman–Crippen MR) is 230 cm³/mol. The largest absolute Gasteiger partial charge is 0.508 e. The highest BCUT2D eigenvalue weighted by atomic mass is 16.5. The lowest BCUT2D eigenvalue weighted by Gasteiger charge is -2.38. The number of rotatable bonds is 13. The fourth-order valence-corrected chi connectivity index (χ4v) is 9.23. The van der Waals surface area contributed by atoms with E-state index in [1.54, 1.807) is 36.4 Å². The fourth-order valence-electron chi connectivity index (χ4n) is 9.23.